The second-order valence-electron chi connectivity index (χ2n) is 5.02. The van der Waals surface area contributed by atoms with E-state index in [0.717, 1.165) is 16.8 Å². The molecule has 0 fully saturated rings. The van der Waals surface area contributed by atoms with Crippen LogP contribution in [0.2, 0.25) is 0 Å². The monoisotopic (exact) mass is 288 g/mol. The minimum atomic E-state index is -0.556. The molecule has 0 radical (unpaired) electrons. The number of azo groups is 1. The summed E-state index contributed by atoms with van der Waals surface area (Å²) in [5.74, 6) is 0.370. The van der Waals surface area contributed by atoms with Gasteiger partial charge in [0.1, 0.15) is 5.84 Å². The summed E-state index contributed by atoms with van der Waals surface area (Å²) in [7, 11) is 0. The normalized spacial score (nSPS) is 19.7. The summed E-state index contributed by atoms with van der Waals surface area (Å²) in [6, 6.07) is 19.5. The molecule has 5 heteroatoms. The SMILES string of the molecule is O=C1N=NC2N=C(c3ccccc3)NC(c3ccccc3)=C12. The van der Waals surface area contributed by atoms with Gasteiger partial charge < -0.3 is 5.32 Å². The molecule has 0 spiro atoms. The first kappa shape index (κ1) is 12.6. The molecule has 2 aliphatic heterocycles. The van der Waals surface area contributed by atoms with Gasteiger partial charge in [-0.3, -0.25) is 4.79 Å². The summed E-state index contributed by atoms with van der Waals surface area (Å²) in [5.41, 5.74) is 3.11. The van der Waals surface area contributed by atoms with Crippen molar-refractivity contribution in [2.75, 3.05) is 0 Å². The van der Waals surface area contributed by atoms with E-state index in [0.29, 0.717) is 11.4 Å². The molecule has 1 amide bonds. The molecule has 0 aromatic heterocycles. The fourth-order valence-electron chi connectivity index (χ4n) is 2.57. The molecule has 5 nitrogen and oxygen atoms in total. The lowest BCUT2D eigenvalue weighted by Gasteiger charge is -2.22. The van der Waals surface area contributed by atoms with Crippen molar-refractivity contribution in [3.05, 3.63) is 77.4 Å². The van der Waals surface area contributed by atoms with Crippen molar-refractivity contribution in [2.45, 2.75) is 6.17 Å². The Kier molecular flexibility index (Phi) is 2.89. The van der Waals surface area contributed by atoms with E-state index in [1.807, 2.05) is 60.7 Å². The van der Waals surface area contributed by atoms with Gasteiger partial charge in [-0.15, -0.1) is 5.11 Å². The zero-order valence-corrected chi connectivity index (χ0v) is 11.6. The van der Waals surface area contributed by atoms with Gasteiger partial charge in [0.05, 0.1) is 11.3 Å². The van der Waals surface area contributed by atoms with Crippen LogP contribution < -0.4 is 5.32 Å². The minimum Gasteiger partial charge on any atom is -0.339 e. The summed E-state index contributed by atoms with van der Waals surface area (Å²) in [6.45, 7) is 0. The van der Waals surface area contributed by atoms with Gasteiger partial charge >= 0.3 is 0 Å². The van der Waals surface area contributed by atoms with Crippen LogP contribution in [0.3, 0.4) is 0 Å². The Morgan fingerprint density at radius 3 is 2.18 bits per heavy atom. The molecule has 1 atom stereocenters. The highest BCUT2D eigenvalue weighted by Gasteiger charge is 2.34. The first-order valence-corrected chi connectivity index (χ1v) is 6.98. The minimum absolute atomic E-state index is 0.327. The second-order valence-corrected chi connectivity index (χ2v) is 5.02. The molecule has 1 unspecified atom stereocenters. The van der Waals surface area contributed by atoms with Crippen LogP contribution in [0.15, 0.2) is 81.5 Å². The first-order chi connectivity index (χ1) is 10.8. The maximum atomic E-state index is 12.0. The van der Waals surface area contributed by atoms with Gasteiger partial charge in [-0.1, -0.05) is 60.7 Å². The zero-order chi connectivity index (χ0) is 14.9. The Morgan fingerprint density at radius 1 is 0.864 bits per heavy atom. The van der Waals surface area contributed by atoms with E-state index in [1.165, 1.54) is 0 Å². The Labute approximate surface area is 127 Å². The predicted octanol–water partition coefficient (Wildman–Crippen LogP) is 2.77. The highest BCUT2D eigenvalue weighted by molar-refractivity contribution is 6.12. The number of fused-ring (bicyclic) bond motifs is 1. The van der Waals surface area contributed by atoms with Crippen molar-refractivity contribution in [1.29, 1.82) is 0 Å². The van der Waals surface area contributed by atoms with Gasteiger partial charge in [-0.2, -0.15) is 5.11 Å². The van der Waals surface area contributed by atoms with E-state index in [9.17, 15) is 4.79 Å². The number of carbonyl (C=O) groups excluding carboxylic acids is 1. The van der Waals surface area contributed by atoms with Crippen LogP contribution in [0, 0.1) is 0 Å². The van der Waals surface area contributed by atoms with Crippen LogP contribution in [0.4, 0.5) is 0 Å². The highest BCUT2D eigenvalue weighted by atomic mass is 16.2. The van der Waals surface area contributed by atoms with E-state index in [4.69, 9.17) is 0 Å². The summed E-state index contributed by atoms with van der Waals surface area (Å²) < 4.78 is 0. The molecule has 2 aliphatic rings. The molecule has 22 heavy (non-hydrogen) atoms. The number of hydrogen-bond acceptors (Lipinski definition) is 4. The van der Waals surface area contributed by atoms with Crippen LogP contribution in [0.1, 0.15) is 11.1 Å². The number of aliphatic imine (C=N–C) groups is 1. The fourth-order valence-corrected chi connectivity index (χ4v) is 2.57. The van der Waals surface area contributed by atoms with Gasteiger partial charge in [-0.05, 0) is 5.56 Å². The highest BCUT2D eigenvalue weighted by Crippen LogP contribution is 2.30. The van der Waals surface area contributed by atoms with Crippen molar-refractivity contribution in [3.8, 4) is 0 Å². The molecule has 0 aliphatic carbocycles. The number of carbonyl (C=O) groups is 1. The molecule has 4 rings (SSSR count). The van der Waals surface area contributed by atoms with Crippen LogP contribution in [0.5, 0.6) is 0 Å². The Hall–Kier alpha value is -3.08. The van der Waals surface area contributed by atoms with Gasteiger partial charge in [-0.25, -0.2) is 4.99 Å². The van der Waals surface area contributed by atoms with Crippen molar-refractivity contribution in [3.63, 3.8) is 0 Å². The molecule has 2 aromatic rings. The van der Waals surface area contributed by atoms with Crippen molar-refractivity contribution in [2.24, 2.45) is 15.2 Å². The Balaban J connectivity index is 1.82. The number of hydrogen-bond donors (Lipinski definition) is 1. The third-order valence-electron chi connectivity index (χ3n) is 3.62. The summed E-state index contributed by atoms with van der Waals surface area (Å²) >= 11 is 0. The molecular weight excluding hydrogens is 276 g/mol. The molecule has 1 N–H and O–H groups in total. The van der Waals surface area contributed by atoms with Crippen LogP contribution in [0.25, 0.3) is 5.70 Å². The van der Waals surface area contributed by atoms with Gasteiger partial charge in [0.2, 0.25) is 0 Å². The number of benzene rings is 2. The predicted molar refractivity (Wildman–Crippen MR) is 83.1 cm³/mol. The van der Waals surface area contributed by atoms with Crippen molar-refractivity contribution in [1.82, 2.24) is 5.32 Å². The number of nitrogens with zero attached hydrogens (tertiary/aromatic N) is 3. The maximum Gasteiger partial charge on any atom is 0.297 e. The van der Waals surface area contributed by atoms with Crippen LogP contribution in [-0.2, 0) is 4.79 Å². The van der Waals surface area contributed by atoms with Gasteiger partial charge in [0.15, 0.2) is 6.17 Å². The number of amides is 1. The topological polar surface area (TPSA) is 66.2 Å². The van der Waals surface area contributed by atoms with Crippen molar-refractivity contribution >= 4 is 17.4 Å². The molecular formula is C17H12N4O. The third kappa shape index (κ3) is 2.03. The van der Waals surface area contributed by atoms with E-state index in [2.05, 4.69) is 20.5 Å². The molecule has 0 saturated heterocycles. The number of amidine groups is 1. The summed E-state index contributed by atoms with van der Waals surface area (Å²) in [4.78, 5) is 16.5. The van der Waals surface area contributed by atoms with Gasteiger partial charge in [0.25, 0.3) is 5.91 Å². The van der Waals surface area contributed by atoms with Crippen LogP contribution >= 0.6 is 0 Å². The lowest BCUT2D eigenvalue weighted by molar-refractivity contribution is -0.114. The summed E-state index contributed by atoms with van der Waals surface area (Å²) in [5, 5.41) is 10.9. The molecule has 106 valence electrons. The molecule has 2 aromatic carbocycles. The standard InChI is InChI=1S/C17H12N4O/c22-17-13-14(11-7-3-1-4-8-11)18-15(19-16(13)20-21-17)12-9-5-2-6-10-12/h1-10,16H,(H,18,19). The zero-order valence-electron chi connectivity index (χ0n) is 11.6. The fraction of sp³-hybridized carbons (Fsp3) is 0.0588. The van der Waals surface area contributed by atoms with Gasteiger partial charge in [0, 0.05) is 5.56 Å². The van der Waals surface area contributed by atoms with Crippen LogP contribution in [-0.4, -0.2) is 17.9 Å². The lowest BCUT2D eigenvalue weighted by atomic mass is 10.0. The lowest BCUT2D eigenvalue weighted by Crippen LogP contribution is -2.32. The average Bonchev–Trinajstić information content (AvgIpc) is 2.97. The van der Waals surface area contributed by atoms with Crippen molar-refractivity contribution < 1.29 is 4.79 Å². The molecule has 0 bridgehead atoms. The Bertz CT molecular complexity index is 822. The average molecular weight is 288 g/mol. The smallest absolute Gasteiger partial charge is 0.297 e. The number of rotatable bonds is 2. The first-order valence-electron chi connectivity index (χ1n) is 6.98. The van der Waals surface area contributed by atoms with E-state index in [1.54, 1.807) is 0 Å². The number of nitrogens with one attached hydrogen (secondary N) is 1. The second kappa shape index (κ2) is 5.04. The summed E-state index contributed by atoms with van der Waals surface area (Å²) in [6.07, 6.45) is -0.556. The maximum absolute atomic E-state index is 12.0. The van der Waals surface area contributed by atoms with E-state index < -0.39 is 6.17 Å². The molecule has 0 saturated carbocycles. The quantitative estimate of drug-likeness (QED) is 0.923. The molecule has 2 heterocycles. The Morgan fingerprint density at radius 2 is 1.50 bits per heavy atom. The largest absolute Gasteiger partial charge is 0.339 e. The third-order valence-corrected chi connectivity index (χ3v) is 3.62. The van der Waals surface area contributed by atoms with E-state index in [-0.39, 0.29) is 5.91 Å². The van der Waals surface area contributed by atoms with E-state index >= 15 is 0 Å².